The van der Waals surface area contributed by atoms with Crippen molar-refractivity contribution in [3.8, 4) is 11.4 Å². The molecule has 1 heterocycles. The number of hydrogen-bond acceptors (Lipinski definition) is 4. The first-order valence-electron chi connectivity index (χ1n) is 7.64. The number of amides is 1. The van der Waals surface area contributed by atoms with Crippen LogP contribution in [-0.4, -0.2) is 21.1 Å². The second-order valence-electron chi connectivity index (χ2n) is 5.53. The molecule has 0 radical (unpaired) electrons. The first-order valence-corrected chi connectivity index (χ1v) is 7.64. The lowest BCUT2D eigenvalue weighted by Gasteiger charge is -2.10. The van der Waals surface area contributed by atoms with Crippen molar-refractivity contribution >= 4 is 24.0 Å². The molecule has 6 nitrogen and oxygen atoms in total. The van der Waals surface area contributed by atoms with E-state index in [-0.39, 0.29) is 18.3 Å². The van der Waals surface area contributed by atoms with Crippen molar-refractivity contribution in [2.45, 2.75) is 39.7 Å². The van der Waals surface area contributed by atoms with Gasteiger partial charge in [-0.2, -0.15) is 5.10 Å². The number of anilines is 1. The Morgan fingerprint density at radius 3 is 2.61 bits per heavy atom. The third kappa shape index (κ3) is 5.65. The number of rotatable bonds is 7. The van der Waals surface area contributed by atoms with Crippen molar-refractivity contribution in [2.75, 3.05) is 5.32 Å². The van der Waals surface area contributed by atoms with Gasteiger partial charge in [-0.1, -0.05) is 26.7 Å². The van der Waals surface area contributed by atoms with Gasteiger partial charge < -0.3 is 11.1 Å². The minimum atomic E-state index is 0. The summed E-state index contributed by atoms with van der Waals surface area (Å²) < 4.78 is 0. The Morgan fingerprint density at radius 2 is 2.04 bits per heavy atom. The second kappa shape index (κ2) is 9.27. The van der Waals surface area contributed by atoms with Gasteiger partial charge in [0.2, 0.25) is 5.91 Å². The maximum absolute atomic E-state index is 11.9. The second-order valence-corrected chi connectivity index (χ2v) is 5.53. The van der Waals surface area contributed by atoms with Crippen LogP contribution in [0.5, 0.6) is 0 Å². The molecule has 1 unspecified atom stereocenters. The predicted molar refractivity (Wildman–Crippen MR) is 94.3 cm³/mol. The number of nitrogens with one attached hydrogen (secondary N) is 2. The molecule has 23 heavy (non-hydrogen) atoms. The summed E-state index contributed by atoms with van der Waals surface area (Å²) in [7, 11) is 0. The van der Waals surface area contributed by atoms with Crippen molar-refractivity contribution in [3.63, 3.8) is 0 Å². The summed E-state index contributed by atoms with van der Waals surface area (Å²) in [6, 6.07) is 7.48. The van der Waals surface area contributed by atoms with Gasteiger partial charge in [0, 0.05) is 17.7 Å². The number of hydrogen-bond donors (Lipinski definition) is 3. The van der Waals surface area contributed by atoms with Crippen molar-refractivity contribution in [1.29, 1.82) is 0 Å². The highest BCUT2D eigenvalue weighted by atomic mass is 35.5. The first-order chi connectivity index (χ1) is 10.6. The molecule has 0 aliphatic heterocycles. The first kappa shape index (κ1) is 19.1. The van der Waals surface area contributed by atoms with E-state index in [9.17, 15) is 4.79 Å². The van der Waals surface area contributed by atoms with E-state index < -0.39 is 0 Å². The van der Waals surface area contributed by atoms with Gasteiger partial charge in [-0.15, -0.1) is 12.4 Å². The molecule has 1 atom stereocenters. The van der Waals surface area contributed by atoms with E-state index in [0.717, 1.165) is 24.1 Å². The number of nitrogens with zero attached hydrogens (tertiary/aromatic N) is 2. The van der Waals surface area contributed by atoms with Crippen molar-refractivity contribution in [3.05, 3.63) is 30.1 Å². The van der Waals surface area contributed by atoms with Gasteiger partial charge in [0.05, 0.1) is 6.54 Å². The molecular weight excluding hydrogens is 314 g/mol. The standard InChI is InChI=1S/C16H23N5O.ClH/c1-3-4-11(2)9-15(22)18-13-7-5-12(6-8-13)16-19-14(10-17)20-21-16;/h5-8,11H,3-4,9-10,17H2,1-2H3,(H,18,22)(H,19,20,21);1H. The molecule has 0 saturated heterocycles. The van der Waals surface area contributed by atoms with Crippen LogP contribution in [0, 0.1) is 5.92 Å². The zero-order valence-corrected chi connectivity index (χ0v) is 14.3. The van der Waals surface area contributed by atoms with Crippen LogP contribution in [-0.2, 0) is 11.3 Å². The molecule has 1 aromatic heterocycles. The minimum absolute atomic E-state index is 0. The topological polar surface area (TPSA) is 96.7 Å². The van der Waals surface area contributed by atoms with Gasteiger partial charge in [-0.3, -0.25) is 9.89 Å². The van der Waals surface area contributed by atoms with Gasteiger partial charge in [0.15, 0.2) is 5.82 Å². The summed E-state index contributed by atoms with van der Waals surface area (Å²) in [5.41, 5.74) is 7.17. The summed E-state index contributed by atoms with van der Waals surface area (Å²) in [6.45, 7) is 4.56. The summed E-state index contributed by atoms with van der Waals surface area (Å²) in [5, 5.41) is 9.80. The number of H-pyrrole nitrogens is 1. The molecule has 0 saturated carbocycles. The third-order valence-electron chi connectivity index (χ3n) is 3.47. The number of carbonyl (C=O) groups is 1. The van der Waals surface area contributed by atoms with E-state index in [4.69, 9.17) is 5.73 Å². The van der Waals surface area contributed by atoms with E-state index in [0.29, 0.717) is 30.5 Å². The molecule has 0 aliphatic carbocycles. The van der Waals surface area contributed by atoms with Crippen LogP contribution >= 0.6 is 12.4 Å². The monoisotopic (exact) mass is 337 g/mol. The lowest BCUT2D eigenvalue weighted by molar-refractivity contribution is -0.117. The zero-order chi connectivity index (χ0) is 15.9. The van der Waals surface area contributed by atoms with Crippen LogP contribution in [0.1, 0.15) is 38.9 Å². The van der Waals surface area contributed by atoms with E-state index in [2.05, 4.69) is 34.3 Å². The summed E-state index contributed by atoms with van der Waals surface area (Å²) >= 11 is 0. The molecular formula is C16H24ClN5O. The average Bonchev–Trinajstić information content (AvgIpc) is 2.97. The quantitative estimate of drug-likeness (QED) is 0.723. The van der Waals surface area contributed by atoms with E-state index in [1.165, 1.54) is 0 Å². The highest BCUT2D eigenvalue weighted by Crippen LogP contribution is 2.18. The van der Waals surface area contributed by atoms with E-state index in [1.807, 2.05) is 24.3 Å². The maximum atomic E-state index is 11.9. The van der Waals surface area contributed by atoms with Gasteiger partial charge in [-0.25, -0.2) is 4.98 Å². The van der Waals surface area contributed by atoms with E-state index >= 15 is 0 Å². The fraction of sp³-hybridized carbons (Fsp3) is 0.438. The molecule has 1 aromatic carbocycles. The van der Waals surface area contributed by atoms with Gasteiger partial charge in [-0.05, 0) is 30.2 Å². The summed E-state index contributed by atoms with van der Waals surface area (Å²) in [4.78, 5) is 16.2. The number of benzene rings is 1. The molecule has 4 N–H and O–H groups in total. The normalized spacial score (nSPS) is 11.6. The van der Waals surface area contributed by atoms with Crippen molar-refractivity contribution in [2.24, 2.45) is 11.7 Å². The third-order valence-corrected chi connectivity index (χ3v) is 3.47. The Balaban J connectivity index is 0.00000264. The fourth-order valence-electron chi connectivity index (χ4n) is 2.34. The molecule has 1 amide bonds. The van der Waals surface area contributed by atoms with Crippen molar-refractivity contribution < 1.29 is 4.79 Å². The van der Waals surface area contributed by atoms with Gasteiger partial charge in [0.1, 0.15) is 5.82 Å². The van der Waals surface area contributed by atoms with E-state index in [1.54, 1.807) is 0 Å². The Labute approximate surface area is 142 Å². The maximum Gasteiger partial charge on any atom is 0.224 e. The van der Waals surface area contributed by atoms with Crippen LogP contribution in [0.4, 0.5) is 5.69 Å². The van der Waals surface area contributed by atoms with Crippen LogP contribution < -0.4 is 11.1 Å². The zero-order valence-electron chi connectivity index (χ0n) is 13.5. The molecule has 0 fully saturated rings. The fourth-order valence-corrected chi connectivity index (χ4v) is 2.34. The number of nitrogens with two attached hydrogens (primary N) is 1. The predicted octanol–water partition coefficient (Wildman–Crippen LogP) is 3.12. The molecule has 2 aromatic rings. The Hall–Kier alpha value is -1.92. The highest BCUT2D eigenvalue weighted by Gasteiger charge is 2.09. The Bertz CT molecular complexity index is 611. The SMILES string of the molecule is CCCC(C)CC(=O)Nc1ccc(-c2n[nH]c(CN)n2)cc1.Cl. The van der Waals surface area contributed by atoms with Crippen LogP contribution in [0.2, 0.25) is 0 Å². The van der Waals surface area contributed by atoms with Crippen LogP contribution in [0.3, 0.4) is 0 Å². The average molecular weight is 338 g/mol. The molecule has 0 aliphatic rings. The summed E-state index contributed by atoms with van der Waals surface area (Å²) in [6.07, 6.45) is 2.72. The number of aromatic amines is 1. The molecule has 2 rings (SSSR count). The van der Waals surface area contributed by atoms with Crippen molar-refractivity contribution in [1.82, 2.24) is 15.2 Å². The lowest BCUT2D eigenvalue weighted by Crippen LogP contribution is -2.14. The largest absolute Gasteiger partial charge is 0.326 e. The molecule has 126 valence electrons. The molecule has 7 heteroatoms. The highest BCUT2D eigenvalue weighted by molar-refractivity contribution is 5.91. The number of aromatic nitrogens is 3. The number of carbonyl (C=O) groups excluding carboxylic acids is 1. The van der Waals surface area contributed by atoms with Gasteiger partial charge >= 0.3 is 0 Å². The van der Waals surface area contributed by atoms with Crippen LogP contribution in [0.15, 0.2) is 24.3 Å². The Morgan fingerprint density at radius 1 is 1.35 bits per heavy atom. The summed E-state index contributed by atoms with van der Waals surface area (Å²) in [5.74, 6) is 1.72. The molecule has 0 spiro atoms. The Kier molecular flexibility index (Phi) is 7.71. The molecule has 0 bridgehead atoms. The minimum Gasteiger partial charge on any atom is -0.326 e. The lowest BCUT2D eigenvalue weighted by atomic mass is 10.0. The van der Waals surface area contributed by atoms with Gasteiger partial charge in [0.25, 0.3) is 0 Å². The smallest absolute Gasteiger partial charge is 0.224 e. The van der Waals surface area contributed by atoms with Crippen LogP contribution in [0.25, 0.3) is 11.4 Å². The number of halogens is 1.